The zero-order valence-corrected chi connectivity index (χ0v) is 12.5. The van der Waals surface area contributed by atoms with E-state index in [0.717, 1.165) is 12.0 Å². The summed E-state index contributed by atoms with van der Waals surface area (Å²) in [7, 11) is 0. The molecule has 1 aliphatic rings. The van der Waals surface area contributed by atoms with Crippen LogP contribution < -0.4 is 5.43 Å². The molecule has 1 N–H and O–H groups in total. The van der Waals surface area contributed by atoms with Gasteiger partial charge in [0.05, 0.1) is 13.0 Å². The molecule has 0 atom stereocenters. The summed E-state index contributed by atoms with van der Waals surface area (Å²) in [6.45, 7) is 3.27. The Morgan fingerprint density at radius 1 is 1.32 bits per heavy atom. The molecule has 5 nitrogen and oxygen atoms in total. The van der Waals surface area contributed by atoms with E-state index in [-0.39, 0.29) is 24.1 Å². The van der Waals surface area contributed by atoms with E-state index in [1.807, 2.05) is 6.08 Å². The van der Waals surface area contributed by atoms with Crippen molar-refractivity contribution in [3.8, 4) is 0 Å². The molecule has 0 radical (unpaired) electrons. The summed E-state index contributed by atoms with van der Waals surface area (Å²) >= 11 is 0. The predicted molar refractivity (Wildman–Crippen MR) is 79.4 cm³/mol. The van der Waals surface area contributed by atoms with Gasteiger partial charge in [-0.15, -0.1) is 0 Å². The minimum atomic E-state index is -0.380. The number of nitrogens with zero attached hydrogens (tertiary/aromatic N) is 1. The van der Waals surface area contributed by atoms with Crippen LogP contribution in [0.2, 0.25) is 0 Å². The Hall–Kier alpha value is -2.21. The van der Waals surface area contributed by atoms with Crippen LogP contribution in [-0.4, -0.2) is 36.6 Å². The fourth-order valence-corrected chi connectivity index (χ4v) is 2.24. The number of esters is 1. The summed E-state index contributed by atoms with van der Waals surface area (Å²) < 4.78 is 17.8. The number of amides is 1. The quantitative estimate of drug-likeness (QED) is 0.668. The first kappa shape index (κ1) is 16.2. The van der Waals surface area contributed by atoms with E-state index in [1.165, 1.54) is 24.3 Å². The number of rotatable bonds is 5. The van der Waals surface area contributed by atoms with Gasteiger partial charge in [0.1, 0.15) is 5.82 Å². The Kier molecular flexibility index (Phi) is 5.66. The van der Waals surface area contributed by atoms with Gasteiger partial charge in [-0.25, -0.2) is 9.40 Å². The molecule has 6 heteroatoms. The van der Waals surface area contributed by atoms with Gasteiger partial charge >= 0.3 is 5.97 Å². The van der Waals surface area contributed by atoms with Crippen LogP contribution in [0, 0.1) is 5.82 Å². The Balaban J connectivity index is 1.88. The normalized spacial score (nSPS) is 15.1. The second-order valence-corrected chi connectivity index (χ2v) is 5.00. The van der Waals surface area contributed by atoms with Crippen LogP contribution in [0.25, 0.3) is 0 Å². The predicted octanol–water partition coefficient (Wildman–Crippen LogP) is 2.06. The van der Waals surface area contributed by atoms with Gasteiger partial charge in [-0.2, -0.15) is 0 Å². The van der Waals surface area contributed by atoms with Gasteiger partial charge in [0.25, 0.3) is 5.91 Å². The summed E-state index contributed by atoms with van der Waals surface area (Å²) in [5.74, 6) is -0.938. The maximum absolute atomic E-state index is 12.9. The lowest BCUT2D eigenvalue weighted by Crippen LogP contribution is -2.45. The number of ether oxygens (including phenoxy) is 1. The molecule has 0 unspecified atom stereocenters. The number of hydrogen-bond donors (Lipinski definition) is 1. The van der Waals surface area contributed by atoms with Crippen molar-refractivity contribution in [2.45, 2.75) is 19.8 Å². The fourth-order valence-electron chi connectivity index (χ4n) is 2.24. The molecule has 0 saturated carbocycles. The topological polar surface area (TPSA) is 58.6 Å². The number of carbonyl (C=O) groups excluding carboxylic acids is 2. The lowest BCUT2D eigenvalue weighted by Gasteiger charge is -2.27. The number of hydrazine groups is 1. The third-order valence-electron chi connectivity index (χ3n) is 3.27. The van der Waals surface area contributed by atoms with Crippen LogP contribution in [0.3, 0.4) is 0 Å². The lowest BCUT2D eigenvalue weighted by molar-refractivity contribution is -0.142. The van der Waals surface area contributed by atoms with E-state index < -0.39 is 0 Å². The van der Waals surface area contributed by atoms with E-state index >= 15 is 0 Å². The first-order chi connectivity index (χ1) is 10.6. The number of benzene rings is 1. The molecule has 1 aliphatic heterocycles. The highest BCUT2D eigenvalue weighted by Crippen LogP contribution is 2.13. The van der Waals surface area contributed by atoms with Gasteiger partial charge in [0, 0.05) is 18.7 Å². The smallest absolute Gasteiger partial charge is 0.309 e. The average molecular weight is 306 g/mol. The molecule has 0 spiro atoms. The van der Waals surface area contributed by atoms with Crippen molar-refractivity contribution in [2.75, 3.05) is 19.7 Å². The van der Waals surface area contributed by atoms with Crippen LogP contribution in [0.1, 0.15) is 30.1 Å². The summed E-state index contributed by atoms with van der Waals surface area (Å²) in [6.07, 6.45) is 2.98. The molecule has 0 aliphatic carbocycles. The van der Waals surface area contributed by atoms with Crippen LogP contribution >= 0.6 is 0 Å². The zero-order valence-electron chi connectivity index (χ0n) is 12.5. The Morgan fingerprint density at radius 3 is 2.73 bits per heavy atom. The highest BCUT2D eigenvalue weighted by molar-refractivity contribution is 5.93. The number of nitrogens with one attached hydrogen (secondary N) is 1. The van der Waals surface area contributed by atoms with E-state index in [0.29, 0.717) is 25.3 Å². The molecule has 0 saturated heterocycles. The van der Waals surface area contributed by atoms with Crippen molar-refractivity contribution in [3.63, 3.8) is 0 Å². The first-order valence-corrected chi connectivity index (χ1v) is 7.23. The first-order valence-electron chi connectivity index (χ1n) is 7.23. The third kappa shape index (κ3) is 4.66. The van der Waals surface area contributed by atoms with E-state index in [4.69, 9.17) is 4.74 Å². The van der Waals surface area contributed by atoms with E-state index in [9.17, 15) is 14.0 Å². The van der Waals surface area contributed by atoms with Gasteiger partial charge < -0.3 is 4.74 Å². The summed E-state index contributed by atoms with van der Waals surface area (Å²) in [4.78, 5) is 23.6. The number of carbonyl (C=O) groups is 2. The second kappa shape index (κ2) is 7.70. The number of halogens is 1. The average Bonchev–Trinajstić information content (AvgIpc) is 2.48. The molecule has 0 bridgehead atoms. The minimum Gasteiger partial charge on any atom is -0.466 e. The van der Waals surface area contributed by atoms with E-state index in [2.05, 4.69) is 5.43 Å². The standard InChI is InChI=1S/C16H19FN2O3/c1-2-22-15(20)10-12-4-3-9-19(11-12)18-16(21)13-5-7-14(17)8-6-13/h4-8H,2-3,9-11H2,1H3,(H,18,21). The van der Waals surface area contributed by atoms with Crippen molar-refractivity contribution < 1.29 is 18.7 Å². The van der Waals surface area contributed by atoms with Crippen molar-refractivity contribution in [3.05, 3.63) is 47.3 Å². The molecule has 2 rings (SSSR count). The highest BCUT2D eigenvalue weighted by atomic mass is 19.1. The maximum atomic E-state index is 12.9. The summed E-state index contributed by atoms with van der Waals surface area (Å²) in [5, 5.41) is 1.75. The zero-order chi connectivity index (χ0) is 15.9. The molecule has 1 heterocycles. The lowest BCUT2D eigenvalue weighted by atomic mass is 10.1. The summed E-state index contributed by atoms with van der Waals surface area (Å²) in [6, 6.07) is 5.36. The van der Waals surface area contributed by atoms with Gasteiger partial charge in [-0.3, -0.25) is 15.0 Å². The molecule has 118 valence electrons. The van der Waals surface area contributed by atoms with Gasteiger partial charge in [-0.1, -0.05) is 6.08 Å². The maximum Gasteiger partial charge on any atom is 0.309 e. The van der Waals surface area contributed by atoms with Crippen LogP contribution in [0.4, 0.5) is 4.39 Å². The molecule has 0 aromatic heterocycles. The second-order valence-electron chi connectivity index (χ2n) is 5.00. The van der Waals surface area contributed by atoms with Crippen molar-refractivity contribution >= 4 is 11.9 Å². The largest absolute Gasteiger partial charge is 0.466 e. The van der Waals surface area contributed by atoms with Crippen LogP contribution in [0.5, 0.6) is 0 Å². The summed E-state index contributed by atoms with van der Waals surface area (Å²) in [5.41, 5.74) is 4.08. The number of hydrogen-bond acceptors (Lipinski definition) is 4. The molecular weight excluding hydrogens is 287 g/mol. The highest BCUT2D eigenvalue weighted by Gasteiger charge is 2.18. The Bertz CT molecular complexity index is 569. The van der Waals surface area contributed by atoms with Gasteiger partial charge in [0.15, 0.2) is 0 Å². The van der Waals surface area contributed by atoms with Crippen molar-refractivity contribution in [1.29, 1.82) is 0 Å². The Morgan fingerprint density at radius 2 is 2.05 bits per heavy atom. The minimum absolute atomic E-state index is 0.233. The third-order valence-corrected chi connectivity index (χ3v) is 3.27. The molecule has 0 fully saturated rings. The van der Waals surface area contributed by atoms with Crippen molar-refractivity contribution in [2.24, 2.45) is 0 Å². The van der Waals surface area contributed by atoms with Crippen LogP contribution in [-0.2, 0) is 9.53 Å². The molecular formula is C16H19FN2O3. The molecule has 1 aromatic rings. The monoisotopic (exact) mass is 306 g/mol. The van der Waals surface area contributed by atoms with Crippen LogP contribution in [0.15, 0.2) is 35.9 Å². The van der Waals surface area contributed by atoms with Crippen molar-refractivity contribution in [1.82, 2.24) is 10.4 Å². The molecule has 22 heavy (non-hydrogen) atoms. The van der Waals surface area contributed by atoms with E-state index in [1.54, 1.807) is 11.9 Å². The Labute approximate surface area is 128 Å². The SMILES string of the molecule is CCOC(=O)CC1=CCCN(NC(=O)c2ccc(F)cc2)C1. The fraction of sp³-hybridized carbons (Fsp3) is 0.375. The molecule has 1 aromatic carbocycles. The van der Waals surface area contributed by atoms with Gasteiger partial charge in [-0.05, 0) is 43.2 Å². The molecule has 1 amide bonds. The van der Waals surface area contributed by atoms with Gasteiger partial charge in [0.2, 0.25) is 0 Å².